The maximum absolute atomic E-state index is 13.5. The molecule has 10 nitrogen and oxygen atoms in total. The minimum absolute atomic E-state index is 0.0943. The lowest BCUT2D eigenvalue weighted by Crippen LogP contribution is -2.61. The van der Waals surface area contributed by atoms with E-state index >= 15 is 0 Å². The zero-order valence-corrected chi connectivity index (χ0v) is 19.3. The molecule has 1 saturated heterocycles. The quantitative estimate of drug-likeness (QED) is 0.353. The smallest absolute Gasteiger partial charge is 0.335 e. The number of hydrogen-bond donors (Lipinski definition) is 5. The Hall–Kier alpha value is -3.54. The summed E-state index contributed by atoms with van der Waals surface area (Å²) in [6, 6.07) is 11.6. The summed E-state index contributed by atoms with van der Waals surface area (Å²) < 4.78 is 16.5. The number of methoxy groups -OCH3 is 1. The number of hydrogen-bond acceptors (Lipinski definition) is 9. The second kappa shape index (κ2) is 8.84. The molecule has 36 heavy (non-hydrogen) atoms. The fraction of sp³-hybridized carbons (Fsp3) is 0.308. The highest BCUT2D eigenvalue weighted by molar-refractivity contribution is 6.17. The molecule has 0 aromatic heterocycles. The number of ether oxygens (including phenoxy) is 3. The lowest BCUT2D eigenvalue weighted by molar-refractivity contribution is -0.270. The Kier molecular flexibility index (Phi) is 5.93. The molecule has 0 amide bonds. The molecule has 3 aromatic carbocycles. The molecular formula is C26H24O10. The number of aliphatic hydroxyl groups excluding tert-OH is 4. The molecule has 0 spiro atoms. The van der Waals surface area contributed by atoms with Crippen molar-refractivity contribution in [1.82, 2.24) is 0 Å². The molecule has 6 atom stereocenters. The number of carboxylic acids is 1. The zero-order chi connectivity index (χ0) is 25.9. The van der Waals surface area contributed by atoms with Crippen LogP contribution in [0.4, 0.5) is 0 Å². The Morgan fingerprint density at radius 3 is 2.42 bits per heavy atom. The van der Waals surface area contributed by atoms with Crippen molar-refractivity contribution in [3.8, 4) is 11.5 Å². The van der Waals surface area contributed by atoms with Gasteiger partial charge in [0.05, 0.1) is 12.7 Å². The van der Waals surface area contributed by atoms with Gasteiger partial charge in [0, 0.05) is 16.5 Å². The first-order valence-electron chi connectivity index (χ1n) is 11.2. The van der Waals surface area contributed by atoms with Gasteiger partial charge in [-0.3, -0.25) is 4.79 Å². The van der Waals surface area contributed by atoms with Crippen LogP contribution in [-0.4, -0.2) is 75.1 Å². The van der Waals surface area contributed by atoms with E-state index in [1.165, 1.54) is 7.11 Å². The van der Waals surface area contributed by atoms with E-state index in [0.29, 0.717) is 22.1 Å². The van der Waals surface area contributed by atoms with E-state index in [2.05, 4.69) is 0 Å². The number of aliphatic carboxylic acids is 1. The van der Waals surface area contributed by atoms with Crippen molar-refractivity contribution < 1.29 is 49.3 Å². The van der Waals surface area contributed by atoms with Gasteiger partial charge in [0.15, 0.2) is 11.9 Å². The van der Waals surface area contributed by atoms with Crippen molar-refractivity contribution in [2.75, 3.05) is 7.11 Å². The van der Waals surface area contributed by atoms with Crippen LogP contribution in [0, 0.1) is 6.92 Å². The topological polar surface area (TPSA) is 163 Å². The van der Waals surface area contributed by atoms with Crippen molar-refractivity contribution in [1.29, 1.82) is 0 Å². The van der Waals surface area contributed by atoms with E-state index in [4.69, 9.17) is 14.2 Å². The van der Waals surface area contributed by atoms with Crippen molar-refractivity contribution in [2.45, 2.75) is 43.7 Å². The van der Waals surface area contributed by atoms with Gasteiger partial charge in [0.25, 0.3) is 0 Å². The van der Waals surface area contributed by atoms with Gasteiger partial charge < -0.3 is 39.7 Å². The van der Waals surface area contributed by atoms with Gasteiger partial charge in [-0.05, 0) is 35.6 Å². The summed E-state index contributed by atoms with van der Waals surface area (Å²) in [5.41, 5.74) is 1.83. The average Bonchev–Trinajstić information content (AvgIpc) is 2.86. The number of benzene rings is 3. The minimum Gasteiger partial charge on any atom is -0.496 e. The van der Waals surface area contributed by atoms with Crippen LogP contribution in [-0.2, 0) is 9.53 Å². The van der Waals surface area contributed by atoms with E-state index in [1.807, 2.05) is 6.07 Å². The number of aryl methyl sites for hydroxylation is 1. The molecule has 0 radical (unpaired) electrons. The van der Waals surface area contributed by atoms with Crippen molar-refractivity contribution in [2.24, 2.45) is 0 Å². The molecule has 5 rings (SSSR count). The first-order chi connectivity index (χ1) is 17.1. The second-order valence-corrected chi connectivity index (χ2v) is 8.90. The van der Waals surface area contributed by atoms with Crippen LogP contribution in [0.3, 0.4) is 0 Å². The van der Waals surface area contributed by atoms with Gasteiger partial charge in [0.1, 0.15) is 35.9 Å². The Bertz CT molecular complexity index is 1380. The Balaban J connectivity index is 1.66. The molecule has 1 fully saturated rings. The third-order valence-electron chi connectivity index (χ3n) is 6.64. The predicted molar refractivity (Wildman–Crippen MR) is 124 cm³/mol. The van der Waals surface area contributed by atoms with Crippen molar-refractivity contribution >= 4 is 22.5 Å². The lowest BCUT2D eigenvalue weighted by Gasteiger charge is -2.38. The van der Waals surface area contributed by atoms with Gasteiger partial charge in [-0.25, -0.2) is 4.79 Å². The molecule has 2 aliphatic rings. The number of fused-ring (bicyclic) bond motifs is 4. The summed E-state index contributed by atoms with van der Waals surface area (Å²) in [5.74, 6) is -1.47. The van der Waals surface area contributed by atoms with Crippen LogP contribution in [0.5, 0.6) is 11.5 Å². The van der Waals surface area contributed by atoms with E-state index in [9.17, 15) is 35.1 Å². The molecule has 1 aliphatic carbocycles. The Morgan fingerprint density at radius 2 is 1.72 bits per heavy atom. The molecule has 10 heteroatoms. The van der Waals surface area contributed by atoms with Gasteiger partial charge in [-0.15, -0.1) is 0 Å². The Labute approximate surface area is 204 Å². The molecule has 0 bridgehead atoms. The third-order valence-corrected chi connectivity index (χ3v) is 6.64. The standard InChI is InChI=1S/C26H24O10/c1-10-8-11-6-7-13-18(20(28)12-4-3-5-14(34-2)17(12)19(13)27)16(11)15(9-10)35-26-23(31)21(29)22(30)24(36-26)25(32)33/h3-9,20-24,26,28-31H,1-2H3,(H,32,33)/t20-,21-,22-,23+,24-,26+/m0/s1. The molecular weight excluding hydrogens is 472 g/mol. The van der Waals surface area contributed by atoms with Gasteiger partial charge in [-0.2, -0.15) is 0 Å². The summed E-state index contributed by atoms with van der Waals surface area (Å²) in [7, 11) is 1.44. The van der Waals surface area contributed by atoms with Crippen LogP contribution in [0.2, 0.25) is 0 Å². The van der Waals surface area contributed by atoms with Crippen molar-refractivity contribution in [3.63, 3.8) is 0 Å². The first kappa shape index (κ1) is 24.2. The number of rotatable bonds is 4. The van der Waals surface area contributed by atoms with Crippen molar-refractivity contribution in [3.05, 3.63) is 70.3 Å². The normalized spacial score (nSPS) is 27.3. The molecule has 3 aromatic rings. The van der Waals surface area contributed by atoms with E-state index < -0.39 is 42.8 Å². The maximum atomic E-state index is 13.5. The number of carboxylic acid groups (broad SMARTS) is 1. The molecule has 188 valence electrons. The Morgan fingerprint density at radius 1 is 0.972 bits per heavy atom. The fourth-order valence-corrected chi connectivity index (χ4v) is 4.93. The third kappa shape index (κ3) is 3.62. The van der Waals surface area contributed by atoms with E-state index in [-0.39, 0.29) is 28.2 Å². The zero-order valence-electron chi connectivity index (χ0n) is 19.3. The summed E-state index contributed by atoms with van der Waals surface area (Å²) in [4.78, 5) is 25.0. The number of carbonyl (C=O) groups excluding carboxylic acids is 1. The van der Waals surface area contributed by atoms with E-state index in [0.717, 1.165) is 5.56 Å². The highest BCUT2D eigenvalue weighted by Gasteiger charge is 2.48. The highest BCUT2D eigenvalue weighted by atomic mass is 16.7. The molecule has 1 aliphatic heterocycles. The summed E-state index contributed by atoms with van der Waals surface area (Å²) in [5, 5.41) is 52.4. The van der Waals surface area contributed by atoms with Gasteiger partial charge >= 0.3 is 5.97 Å². The molecule has 5 N–H and O–H groups in total. The monoisotopic (exact) mass is 496 g/mol. The summed E-state index contributed by atoms with van der Waals surface area (Å²) >= 11 is 0. The van der Waals surface area contributed by atoms with Gasteiger partial charge in [-0.1, -0.05) is 30.3 Å². The fourth-order valence-electron chi connectivity index (χ4n) is 4.93. The minimum atomic E-state index is -1.87. The van der Waals surface area contributed by atoms with Crippen LogP contribution in [0.15, 0.2) is 42.5 Å². The first-order valence-corrected chi connectivity index (χ1v) is 11.2. The lowest BCUT2D eigenvalue weighted by atomic mass is 9.80. The van der Waals surface area contributed by atoms with Crippen LogP contribution in [0.25, 0.3) is 10.8 Å². The second-order valence-electron chi connectivity index (χ2n) is 8.90. The summed E-state index contributed by atoms with van der Waals surface area (Å²) in [6.07, 6.45) is -10.2. The summed E-state index contributed by atoms with van der Waals surface area (Å²) in [6.45, 7) is 1.78. The SMILES string of the molecule is COc1cccc2c1C(=O)c1ccc3cc(C)cc(O[C@@H]4O[C@H](C(=O)O)[C@@H](O)[C@H](O)[C@H]4O)c3c1[C@H]2O. The number of ketones is 1. The number of aliphatic hydroxyl groups is 4. The van der Waals surface area contributed by atoms with Crippen LogP contribution >= 0.6 is 0 Å². The predicted octanol–water partition coefficient (Wildman–Crippen LogP) is 1.05. The largest absolute Gasteiger partial charge is 0.496 e. The molecule has 1 heterocycles. The number of carbonyl (C=O) groups is 2. The average molecular weight is 496 g/mol. The maximum Gasteiger partial charge on any atom is 0.335 e. The highest BCUT2D eigenvalue weighted by Crippen LogP contribution is 2.45. The molecule has 0 saturated carbocycles. The van der Waals surface area contributed by atoms with E-state index in [1.54, 1.807) is 43.3 Å². The molecule has 0 unspecified atom stereocenters. The van der Waals surface area contributed by atoms with Gasteiger partial charge in [0.2, 0.25) is 6.29 Å². The van der Waals surface area contributed by atoms with Crippen LogP contribution in [0.1, 0.15) is 38.7 Å². The van der Waals surface area contributed by atoms with Crippen LogP contribution < -0.4 is 9.47 Å².